The quantitative estimate of drug-likeness (QED) is 0.371. The molecule has 0 aliphatic carbocycles. The van der Waals surface area contributed by atoms with Gasteiger partial charge in [-0.25, -0.2) is 0 Å². The number of nitrogens with two attached hydrogens (primary N) is 1. The Bertz CT molecular complexity index is 675. The SMILES string of the molecule is N#C/C(=C/N1CCN(C=O)CC1)C(=O)Nc1ccc(N)cc1Cl. The molecule has 1 heterocycles. The number of nitrogens with zero attached hydrogens (tertiary/aromatic N) is 3. The summed E-state index contributed by atoms with van der Waals surface area (Å²) < 4.78 is 0. The molecule has 0 bridgehead atoms. The van der Waals surface area contributed by atoms with Gasteiger partial charge < -0.3 is 20.9 Å². The highest BCUT2D eigenvalue weighted by Crippen LogP contribution is 2.24. The zero-order valence-electron chi connectivity index (χ0n) is 12.3. The van der Waals surface area contributed by atoms with Gasteiger partial charge in [-0.15, -0.1) is 0 Å². The van der Waals surface area contributed by atoms with Crippen molar-refractivity contribution in [1.82, 2.24) is 9.80 Å². The lowest BCUT2D eigenvalue weighted by Crippen LogP contribution is -2.43. The Morgan fingerprint density at radius 3 is 2.52 bits per heavy atom. The second kappa shape index (κ2) is 7.51. The minimum Gasteiger partial charge on any atom is -0.399 e. The van der Waals surface area contributed by atoms with Gasteiger partial charge in [-0.05, 0) is 18.2 Å². The number of carbonyl (C=O) groups is 2. The average molecular weight is 334 g/mol. The molecular formula is C15H16ClN5O2. The fourth-order valence-corrected chi connectivity index (χ4v) is 2.35. The third-order valence-electron chi connectivity index (χ3n) is 3.42. The standard InChI is InChI=1S/C15H16ClN5O2/c16-13-7-12(18)1-2-14(13)19-15(23)11(8-17)9-20-3-5-21(10-22)6-4-20/h1-2,7,9-10H,3-6,18H2,(H,19,23)/b11-9-. The summed E-state index contributed by atoms with van der Waals surface area (Å²) in [7, 11) is 0. The third kappa shape index (κ3) is 4.37. The van der Waals surface area contributed by atoms with Crippen LogP contribution in [-0.2, 0) is 9.59 Å². The summed E-state index contributed by atoms with van der Waals surface area (Å²) in [5.74, 6) is -0.544. The zero-order valence-corrected chi connectivity index (χ0v) is 13.1. The molecule has 1 fully saturated rings. The van der Waals surface area contributed by atoms with Gasteiger partial charge in [-0.1, -0.05) is 11.6 Å². The number of carbonyl (C=O) groups excluding carboxylic acids is 2. The Labute approximate surface area is 138 Å². The van der Waals surface area contributed by atoms with E-state index in [2.05, 4.69) is 5.32 Å². The van der Waals surface area contributed by atoms with Crippen molar-refractivity contribution in [3.8, 4) is 6.07 Å². The van der Waals surface area contributed by atoms with Crippen LogP contribution in [0.15, 0.2) is 30.0 Å². The predicted molar refractivity (Wildman–Crippen MR) is 87.4 cm³/mol. The van der Waals surface area contributed by atoms with Gasteiger partial charge >= 0.3 is 0 Å². The van der Waals surface area contributed by atoms with E-state index >= 15 is 0 Å². The number of amides is 2. The minimum atomic E-state index is -0.544. The van der Waals surface area contributed by atoms with Crippen LogP contribution in [0.3, 0.4) is 0 Å². The van der Waals surface area contributed by atoms with Crippen LogP contribution in [0.5, 0.6) is 0 Å². The van der Waals surface area contributed by atoms with E-state index in [1.165, 1.54) is 12.3 Å². The number of benzene rings is 1. The molecule has 1 aliphatic rings. The van der Waals surface area contributed by atoms with Crippen LogP contribution >= 0.6 is 11.6 Å². The number of piperazine rings is 1. The van der Waals surface area contributed by atoms with Crippen LogP contribution in [-0.4, -0.2) is 48.3 Å². The van der Waals surface area contributed by atoms with Gasteiger partial charge in [0, 0.05) is 38.1 Å². The molecule has 8 heteroatoms. The van der Waals surface area contributed by atoms with Crippen molar-refractivity contribution < 1.29 is 9.59 Å². The van der Waals surface area contributed by atoms with E-state index in [0.717, 1.165) is 6.41 Å². The Kier molecular flexibility index (Phi) is 5.44. The highest BCUT2D eigenvalue weighted by molar-refractivity contribution is 6.34. The first-order valence-electron chi connectivity index (χ1n) is 6.95. The van der Waals surface area contributed by atoms with Crippen LogP contribution in [0.25, 0.3) is 0 Å². The number of halogens is 1. The van der Waals surface area contributed by atoms with Gasteiger partial charge in [0.05, 0.1) is 10.7 Å². The van der Waals surface area contributed by atoms with E-state index in [1.807, 2.05) is 11.0 Å². The summed E-state index contributed by atoms with van der Waals surface area (Å²) in [5, 5.41) is 12.1. The van der Waals surface area contributed by atoms with Gasteiger partial charge in [0.1, 0.15) is 11.6 Å². The van der Waals surface area contributed by atoms with Gasteiger partial charge in [0.2, 0.25) is 6.41 Å². The monoisotopic (exact) mass is 333 g/mol. The lowest BCUT2D eigenvalue weighted by molar-refractivity contribution is -0.119. The maximum Gasteiger partial charge on any atom is 0.267 e. The topological polar surface area (TPSA) is 102 Å². The van der Waals surface area contributed by atoms with E-state index < -0.39 is 5.91 Å². The summed E-state index contributed by atoms with van der Waals surface area (Å²) in [5.41, 5.74) is 6.43. The third-order valence-corrected chi connectivity index (χ3v) is 3.73. The van der Waals surface area contributed by atoms with Gasteiger partial charge in [0.15, 0.2) is 0 Å². The Hall–Kier alpha value is -2.72. The molecule has 120 valence electrons. The summed E-state index contributed by atoms with van der Waals surface area (Å²) in [4.78, 5) is 26.3. The van der Waals surface area contributed by atoms with Gasteiger partial charge in [0.25, 0.3) is 5.91 Å². The first kappa shape index (κ1) is 16.6. The van der Waals surface area contributed by atoms with Crippen molar-refractivity contribution in [2.75, 3.05) is 37.2 Å². The van der Waals surface area contributed by atoms with E-state index in [1.54, 1.807) is 17.0 Å². The van der Waals surface area contributed by atoms with Crippen molar-refractivity contribution in [1.29, 1.82) is 5.26 Å². The molecule has 1 aromatic rings. The molecule has 7 nitrogen and oxygen atoms in total. The number of rotatable bonds is 4. The molecule has 2 rings (SSSR count). The summed E-state index contributed by atoms with van der Waals surface area (Å²) >= 11 is 6.00. The van der Waals surface area contributed by atoms with E-state index in [4.69, 9.17) is 17.3 Å². The lowest BCUT2D eigenvalue weighted by Gasteiger charge is -2.31. The molecule has 2 amide bonds. The molecular weight excluding hydrogens is 318 g/mol. The summed E-state index contributed by atoms with van der Waals surface area (Å²) in [6.07, 6.45) is 2.30. The normalized spacial score (nSPS) is 15.0. The Morgan fingerprint density at radius 2 is 1.96 bits per heavy atom. The van der Waals surface area contributed by atoms with Crippen LogP contribution in [0.1, 0.15) is 0 Å². The minimum absolute atomic E-state index is 0.0301. The number of nitrogen functional groups attached to an aromatic ring is 1. The average Bonchev–Trinajstić information content (AvgIpc) is 2.55. The maximum absolute atomic E-state index is 12.2. The van der Waals surface area contributed by atoms with Gasteiger partial charge in [-0.2, -0.15) is 5.26 Å². The lowest BCUT2D eigenvalue weighted by atomic mass is 10.2. The Balaban J connectivity index is 2.05. The number of hydrogen-bond donors (Lipinski definition) is 2. The van der Waals surface area contributed by atoms with E-state index in [0.29, 0.717) is 42.6 Å². The van der Waals surface area contributed by atoms with Crippen LogP contribution in [0.4, 0.5) is 11.4 Å². The van der Waals surface area contributed by atoms with Crippen molar-refractivity contribution in [2.24, 2.45) is 0 Å². The predicted octanol–water partition coefficient (Wildman–Crippen LogP) is 1.04. The molecule has 0 spiro atoms. The molecule has 0 radical (unpaired) electrons. The molecule has 1 aromatic carbocycles. The highest BCUT2D eigenvalue weighted by atomic mass is 35.5. The largest absolute Gasteiger partial charge is 0.399 e. The fourth-order valence-electron chi connectivity index (χ4n) is 2.12. The number of nitrogens with one attached hydrogen (secondary N) is 1. The summed E-state index contributed by atoms with van der Waals surface area (Å²) in [6.45, 7) is 2.26. The van der Waals surface area contributed by atoms with Crippen molar-refractivity contribution >= 4 is 35.3 Å². The second-order valence-electron chi connectivity index (χ2n) is 5.03. The molecule has 3 N–H and O–H groups in total. The molecule has 1 aliphatic heterocycles. The van der Waals surface area contributed by atoms with Crippen molar-refractivity contribution in [3.63, 3.8) is 0 Å². The summed E-state index contributed by atoms with van der Waals surface area (Å²) in [6, 6.07) is 6.59. The molecule has 23 heavy (non-hydrogen) atoms. The smallest absolute Gasteiger partial charge is 0.267 e. The Morgan fingerprint density at radius 1 is 1.30 bits per heavy atom. The molecule has 0 aromatic heterocycles. The van der Waals surface area contributed by atoms with Crippen LogP contribution < -0.4 is 11.1 Å². The first-order valence-corrected chi connectivity index (χ1v) is 7.33. The van der Waals surface area contributed by atoms with Gasteiger partial charge in [-0.3, -0.25) is 9.59 Å². The second-order valence-corrected chi connectivity index (χ2v) is 5.43. The fraction of sp³-hybridized carbons (Fsp3) is 0.267. The first-order chi connectivity index (χ1) is 11.0. The number of hydrogen-bond acceptors (Lipinski definition) is 5. The number of anilines is 2. The van der Waals surface area contributed by atoms with E-state index in [9.17, 15) is 14.9 Å². The number of nitriles is 1. The molecule has 0 saturated carbocycles. The van der Waals surface area contributed by atoms with Crippen molar-refractivity contribution in [2.45, 2.75) is 0 Å². The molecule has 0 atom stereocenters. The van der Waals surface area contributed by atoms with E-state index in [-0.39, 0.29) is 5.57 Å². The zero-order chi connectivity index (χ0) is 16.8. The highest BCUT2D eigenvalue weighted by Gasteiger charge is 2.17. The van der Waals surface area contributed by atoms with Crippen LogP contribution in [0, 0.1) is 11.3 Å². The van der Waals surface area contributed by atoms with Crippen LogP contribution in [0.2, 0.25) is 5.02 Å². The molecule has 1 saturated heterocycles. The van der Waals surface area contributed by atoms with Crippen molar-refractivity contribution in [3.05, 3.63) is 35.0 Å². The molecule has 0 unspecified atom stereocenters. The maximum atomic E-state index is 12.2.